The summed E-state index contributed by atoms with van der Waals surface area (Å²) in [6.07, 6.45) is -3.31. The van der Waals surface area contributed by atoms with Crippen molar-refractivity contribution in [2.24, 2.45) is 0 Å². The summed E-state index contributed by atoms with van der Waals surface area (Å²) >= 11 is 0. The molecule has 2 aromatic heterocycles. The average molecular weight is 564 g/mol. The van der Waals surface area contributed by atoms with E-state index < -0.39 is 29.2 Å². The largest absolute Gasteiger partial charge is 0.468 e. The molecule has 1 aliphatic carbocycles. The van der Waals surface area contributed by atoms with E-state index in [1.165, 1.54) is 0 Å². The number of hydrogen-bond acceptors (Lipinski definition) is 5. The molecule has 1 saturated carbocycles. The monoisotopic (exact) mass is 563 g/mol. The number of alkyl halides is 3. The molecule has 1 amide bonds. The van der Waals surface area contributed by atoms with Crippen molar-refractivity contribution in [3.63, 3.8) is 0 Å². The van der Waals surface area contributed by atoms with E-state index in [1.54, 1.807) is 11.0 Å². The molecular weight excluding hydrogens is 535 g/mol. The number of amides is 1. The van der Waals surface area contributed by atoms with Gasteiger partial charge in [-0.1, -0.05) is 54.6 Å². The van der Waals surface area contributed by atoms with E-state index in [-0.39, 0.29) is 24.0 Å². The number of aromatic nitrogens is 4. The summed E-state index contributed by atoms with van der Waals surface area (Å²) in [5.74, 6) is -1.06. The Labute approximate surface area is 234 Å². The Kier molecular flexibility index (Phi) is 6.09. The predicted octanol–water partition coefficient (Wildman–Crippen LogP) is 7.07. The molecule has 1 fully saturated rings. The second-order valence-electron chi connectivity index (χ2n) is 11.4. The van der Waals surface area contributed by atoms with E-state index in [0.29, 0.717) is 11.3 Å². The number of hydrogen-bond donors (Lipinski definition) is 1. The molecule has 2 aromatic carbocycles. The maximum Gasteiger partial charge on any atom is 0.452 e. The first kappa shape index (κ1) is 26.8. The average Bonchev–Trinajstić information content (AvgIpc) is 3.35. The van der Waals surface area contributed by atoms with E-state index in [1.807, 2.05) is 75.4 Å². The normalized spacial score (nSPS) is 15.8. The van der Waals surface area contributed by atoms with Crippen LogP contribution in [0.1, 0.15) is 57.2 Å². The summed E-state index contributed by atoms with van der Waals surface area (Å²) in [6, 6.07) is 18.5. The molecule has 6 rings (SSSR count). The van der Waals surface area contributed by atoms with Crippen LogP contribution in [0, 0.1) is 0 Å². The molecule has 0 bridgehead atoms. The van der Waals surface area contributed by atoms with Crippen LogP contribution in [0.4, 0.5) is 18.0 Å². The smallest absolute Gasteiger partial charge is 0.452 e. The van der Waals surface area contributed by atoms with Crippen molar-refractivity contribution >= 4 is 6.09 Å². The van der Waals surface area contributed by atoms with Crippen molar-refractivity contribution in [2.75, 3.05) is 0 Å². The molecule has 0 saturated heterocycles. The van der Waals surface area contributed by atoms with Crippen LogP contribution in [-0.4, -0.2) is 41.4 Å². The van der Waals surface area contributed by atoms with Gasteiger partial charge < -0.3 is 9.84 Å². The lowest BCUT2D eigenvalue weighted by Gasteiger charge is -2.54. The van der Waals surface area contributed by atoms with Gasteiger partial charge in [-0.05, 0) is 57.2 Å². The molecule has 1 N–H and O–H groups in total. The first-order chi connectivity index (χ1) is 19.4. The lowest BCUT2D eigenvalue weighted by molar-refractivity contribution is -0.146. The predicted molar refractivity (Wildman–Crippen MR) is 145 cm³/mol. The Morgan fingerprint density at radius 1 is 1.00 bits per heavy atom. The van der Waals surface area contributed by atoms with Crippen LogP contribution in [0.25, 0.3) is 28.1 Å². The van der Waals surface area contributed by atoms with E-state index in [2.05, 4.69) is 10.2 Å². The first-order valence-electron chi connectivity index (χ1n) is 13.3. The van der Waals surface area contributed by atoms with Crippen molar-refractivity contribution in [3.8, 4) is 34.0 Å². The third-order valence-electron chi connectivity index (χ3n) is 7.78. The van der Waals surface area contributed by atoms with Crippen LogP contribution in [-0.2, 0) is 18.3 Å². The third-order valence-corrected chi connectivity index (χ3v) is 7.78. The molecule has 212 valence electrons. The Hall–Kier alpha value is -4.41. The number of nitrogens with zero attached hydrogens (tertiary/aromatic N) is 5. The fourth-order valence-electron chi connectivity index (χ4n) is 5.99. The highest BCUT2D eigenvalue weighted by Gasteiger charge is 2.50. The minimum absolute atomic E-state index is 0.0374. The number of rotatable bonds is 4. The second-order valence-corrected chi connectivity index (χ2v) is 11.4. The van der Waals surface area contributed by atoms with Gasteiger partial charge in [0.15, 0.2) is 12.4 Å². The molecular formula is C30H28F3N5O3. The number of carboxylic acid groups (broad SMARTS) is 1. The van der Waals surface area contributed by atoms with Crippen molar-refractivity contribution in [1.82, 2.24) is 24.6 Å². The Balaban J connectivity index is 1.49. The number of ether oxygens (including phenoxy) is 1. The topological polar surface area (TPSA) is 93.4 Å². The van der Waals surface area contributed by atoms with Crippen LogP contribution in [0.3, 0.4) is 0 Å². The molecule has 11 heteroatoms. The van der Waals surface area contributed by atoms with Crippen LogP contribution in [0.2, 0.25) is 0 Å². The molecule has 0 radical (unpaired) electrons. The molecule has 0 unspecified atom stereocenters. The maximum absolute atomic E-state index is 13.8. The van der Waals surface area contributed by atoms with Gasteiger partial charge in [0.25, 0.3) is 0 Å². The summed E-state index contributed by atoms with van der Waals surface area (Å²) < 4.78 is 48.1. The summed E-state index contributed by atoms with van der Waals surface area (Å²) in [5, 5.41) is 17.2. The van der Waals surface area contributed by atoms with Gasteiger partial charge in [0.05, 0.1) is 11.2 Å². The second kappa shape index (κ2) is 9.32. The highest BCUT2D eigenvalue weighted by Crippen LogP contribution is 2.50. The lowest BCUT2D eigenvalue weighted by Crippen LogP contribution is -2.60. The zero-order valence-electron chi connectivity index (χ0n) is 22.7. The van der Waals surface area contributed by atoms with Gasteiger partial charge in [-0.25, -0.2) is 9.78 Å². The van der Waals surface area contributed by atoms with Gasteiger partial charge in [0.1, 0.15) is 5.69 Å². The van der Waals surface area contributed by atoms with Crippen molar-refractivity contribution in [2.45, 2.75) is 63.9 Å². The van der Waals surface area contributed by atoms with Crippen LogP contribution < -0.4 is 4.74 Å². The van der Waals surface area contributed by atoms with Crippen LogP contribution >= 0.6 is 0 Å². The number of carbonyl (C=O) groups is 1. The van der Waals surface area contributed by atoms with Gasteiger partial charge in [-0.15, -0.1) is 10.2 Å². The van der Waals surface area contributed by atoms with Crippen LogP contribution in [0.15, 0.2) is 60.7 Å². The Morgan fingerprint density at radius 3 is 2.24 bits per heavy atom. The molecule has 8 nitrogen and oxygen atoms in total. The van der Waals surface area contributed by atoms with E-state index in [4.69, 9.17) is 9.72 Å². The Bertz CT molecular complexity index is 1620. The van der Waals surface area contributed by atoms with E-state index in [9.17, 15) is 23.1 Å². The van der Waals surface area contributed by atoms with Gasteiger partial charge >= 0.3 is 12.3 Å². The van der Waals surface area contributed by atoms with E-state index >= 15 is 0 Å². The summed E-state index contributed by atoms with van der Waals surface area (Å²) in [4.78, 5) is 18.6. The minimum Gasteiger partial charge on any atom is -0.468 e. The molecule has 0 spiro atoms. The van der Waals surface area contributed by atoms with Crippen molar-refractivity contribution < 1.29 is 27.8 Å². The molecule has 41 heavy (non-hydrogen) atoms. The first-order valence-corrected chi connectivity index (χ1v) is 13.3. The van der Waals surface area contributed by atoms with Gasteiger partial charge in [-0.3, -0.25) is 9.47 Å². The Morgan fingerprint density at radius 2 is 1.68 bits per heavy atom. The number of halogens is 3. The molecule has 2 aliphatic rings. The summed E-state index contributed by atoms with van der Waals surface area (Å²) in [6.45, 7) is 5.48. The van der Waals surface area contributed by atoms with Gasteiger partial charge in [-0.2, -0.15) is 13.2 Å². The summed E-state index contributed by atoms with van der Waals surface area (Å²) in [7, 11) is 0. The van der Waals surface area contributed by atoms with E-state index in [0.717, 1.165) is 40.5 Å². The van der Waals surface area contributed by atoms with Crippen molar-refractivity contribution in [1.29, 1.82) is 0 Å². The van der Waals surface area contributed by atoms with Crippen molar-refractivity contribution in [3.05, 3.63) is 77.9 Å². The zero-order chi connectivity index (χ0) is 29.2. The lowest BCUT2D eigenvalue weighted by atomic mass is 9.69. The third kappa shape index (κ3) is 4.39. The van der Waals surface area contributed by atoms with Crippen LogP contribution in [0.5, 0.6) is 5.88 Å². The standard InChI is InChI=1S/C30H28F3N5O3/c1-28(2,3)38(27(39)40)29(14-7-15-29)20-12-10-19(11-13-20)24-21(18-8-5-4-6-9-18)16-22-25(34-24)41-17-23-35-36-26(37(22)23)30(31,32)33/h4-6,8-13,16H,7,14-15,17H2,1-3H3,(H,39,40). The zero-order valence-corrected chi connectivity index (χ0v) is 22.7. The minimum atomic E-state index is -4.71. The number of pyridine rings is 1. The fourth-order valence-corrected chi connectivity index (χ4v) is 5.99. The summed E-state index contributed by atoms with van der Waals surface area (Å²) in [5.41, 5.74) is 2.39. The highest BCUT2D eigenvalue weighted by atomic mass is 19.4. The SMILES string of the molecule is CC(C)(C)N(C(=O)O)C1(c2ccc(-c3nc4c(cc3-c3ccccc3)-n3c(nnc3C(F)(F)F)CO4)cc2)CCC1. The molecule has 4 aromatic rings. The number of fused-ring (bicyclic) bond motifs is 3. The number of benzene rings is 2. The van der Waals surface area contributed by atoms with Gasteiger partial charge in [0.2, 0.25) is 11.7 Å². The van der Waals surface area contributed by atoms with Gasteiger partial charge in [0, 0.05) is 16.7 Å². The molecule has 3 heterocycles. The molecule has 0 atom stereocenters. The maximum atomic E-state index is 13.8. The highest BCUT2D eigenvalue weighted by molar-refractivity contribution is 5.83. The molecule has 1 aliphatic heterocycles. The fraction of sp³-hybridized carbons (Fsp3) is 0.333. The quantitative estimate of drug-likeness (QED) is 0.286.